The molecule has 0 aromatic carbocycles. The van der Waals surface area contributed by atoms with Crippen molar-refractivity contribution in [2.45, 2.75) is 0 Å². The molecule has 0 spiro atoms. The quantitative estimate of drug-likeness (QED) is 0.679. The molecular weight excluding hydrogens is 154 g/mol. The first-order valence-corrected chi connectivity index (χ1v) is 3.12. The molecule has 0 atom stereocenters. The number of halogens is 1. The minimum Gasteiger partial charge on any atom is -0.449 e. The third-order valence-electron chi connectivity index (χ3n) is 0.923. The largest absolute Gasteiger partial charge is 0.449 e. The van der Waals surface area contributed by atoms with E-state index in [2.05, 4.69) is 5.32 Å². The van der Waals surface area contributed by atoms with E-state index in [0.29, 0.717) is 5.88 Å². The summed E-state index contributed by atoms with van der Waals surface area (Å²) in [5.41, 5.74) is 0. The fourth-order valence-corrected chi connectivity index (χ4v) is 0.603. The molecule has 1 heterocycles. The maximum atomic E-state index is 10.2. The van der Waals surface area contributed by atoms with Crippen molar-refractivity contribution in [1.29, 1.82) is 0 Å². The van der Waals surface area contributed by atoms with E-state index in [0.717, 1.165) is 0 Å². The van der Waals surface area contributed by atoms with Gasteiger partial charge in [0.1, 0.15) is 0 Å². The molecule has 0 amide bonds. The Morgan fingerprint density at radius 2 is 2.60 bits per heavy atom. The van der Waals surface area contributed by atoms with Gasteiger partial charge in [-0.3, -0.25) is 4.79 Å². The van der Waals surface area contributed by atoms with Gasteiger partial charge in [-0.2, -0.15) is 0 Å². The Morgan fingerprint density at radius 3 is 3.10 bits per heavy atom. The molecule has 0 unspecified atom stereocenters. The van der Waals surface area contributed by atoms with Gasteiger partial charge in [-0.05, 0) is 17.7 Å². The van der Waals surface area contributed by atoms with Crippen LogP contribution >= 0.6 is 11.6 Å². The highest BCUT2D eigenvalue weighted by Crippen LogP contribution is 2.05. The number of carbonyl (C=O) groups is 1. The van der Waals surface area contributed by atoms with Crippen molar-refractivity contribution in [3.63, 3.8) is 0 Å². The number of nitrogens with one attached hydrogen (secondary N) is 1. The van der Waals surface area contributed by atoms with Gasteiger partial charge in [0.05, 0.1) is 12.8 Å². The standard InChI is InChI=1S/C6H6ClNO2/c7-5(9)4-8-6-2-1-3-10-6/h1-3,8H,4H2. The highest BCUT2D eigenvalue weighted by molar-refractivity contribution is 6.64. The second-order valence-electron chi connectivity index (χ2n) is 1.69. The monoisotopic (exact) mass is 159 g/mol. The van der Waals surface area contributed by atoms with Crippen molar-refractivity contribution in [3.05, 3.63) is 18.4 Å². The van der Waals surface area contributed by atoms with Crippen LogP contribution in [0.3, 0.4) is 0 Å². The fraction of sp³-hybridized carbons (Fsp3) is 0.167. The normalized spacial score (nSPS) is 9.30. The molecular formula is C6H6ClNO2. The summed E-state index contributed by atoms with van der Waals surface area (Å²) in [7, 11) is 0. The highest BCUT2D eigenvalue weighted by atomic mass is 35.5. The van der Waals surface area contributed by atoms with E-state index >= 15 is 0 Å². The van der Waals surface area contributed by atoms with Crippen molar-refractivity contribution in [3.8, 4) is 0 Å². The third-order valence-corrected chi connectivity index (χ3v) is 1.06. The molecule has 10 heavy (non-hydrogen) atoms. The minimum absolute atomic E-state index is 0.0923. The van der Waals surface area contributed by atoms with Gasteiger partial charge < -0.3 is 9.73 Å². The van der Waals surface area contributed by atoms with Crippen LogP contribution in [0.15, 0.2) is 22.8 Å². The summed E-state index contributed by atoms with van der Waals surface area (Å²) >= 11 is 5.05. The SMILES string of the molecule is O=C(Cl)CNc1ccco1. The van der Waals surface area contributed by atoms with Crippen molar-refractivity contribution in [1.82, 2.24) is 0 Å². The summed E-state index contributed by atoms with van der Waals surface area (Å²) in [6.45, 7) is 0.0923. The second-order valence-corrected chi connectivity index (χ2v) is 2.11. The molecule has 0 fully saturated rings. The zero-order valence-corrected chi connectivity index (χ0v) is 5.89. The number of anilines is 1. The molecule has 1 aromatic heterocycles. The molecule has 4 heteroatoms. The van der Waals surface area contributed by atoms with E-state index < -0.39 is 5.24 Å². The van der Waals surface area contributed by atoms with E-state index in [4.69, 9.17) is 16.0 Å². The Kier molecular flexibility index (Phi) is 2.34. The summed E-state index contributed by atoms with van der Waals surface area (Å²) < 4.78 is 4.86. The topological polar surface area (TPSA) is 42.2 Å². The van der Waals surface area contributed by atoms with Gasteiger partial charge in [0.2, 0.25) is 5.24 Å². The molecule has 1 aromatic rings. The second kappa shape index (κ2) is 3.27. The summed E-state index contributed by atoms with van der Waals surface area (Å²) in [5.74, 6) is 0.550. The molecule has 0 aliphatic rings. The van der Waals surface area contributed by atoms with Gasteiger partial charge in [0.25, 0.3) is 0 Å². The Bertz CT molecular complexity index is 208. The smallest absolute Gasteiger partial charge is 0.240 e. The first kappa shape index (κ1) is 7.15. The number of furan rings is 1. The summed E-state index contributed by atoms with van der Waals surface area (Å²) in [4.78, 5) is 10.2. The third kappa shape index (κ3) is 2.11. The summed E-state index contributed by atoms with van der Waals surface area (Å²) in [5, 5.41) is 2.24. The summed E-state index contributed by atoms with van der Waals surface area (Å²) in [6.07, 6.45) is 1.51. The first-order chi connectivity index (χ1) is 4.79. The molecule has 0 radical (unpaired) electrons. The Hall–Kier alpha value is -0.960. The van der Waals surface area contributed by atoms with Crippen molar-refractivity contribution in [2.24, 2.45) is 0 Å². The molecule has 0 saturated heterocycles. The lowest BCUT2D eigenvalue weighted by Crippen LogP contribution is -2.06. The maximum Gasteiger partial charge on any atom is 0.240 e. The number of carbonyl (C=O) groups excluding carboxylic acids is 1. The highest BCUT2D eigenvalue weighted by Gasteiger charge is 1.96. The number of hydrogen-bond acceptors (Lipinski definition) is 3. The van der Waals surface area contributed by atoms with Gasteiger partial charge in [0, 0.05) is 6.07 Å². The molecule has 1 rings (SSSR count). The van der Waals surface area contributed by atoms with E-state index in [-0.39, 0.29) is 6.54 Å². The van der Waals surface area contributed by atoms with Crippen molar-refractivity contribution >= 4 is 22.7 Å². The van der Waals surface area contributed by atoms with Crippen LogP contribution in [-0.4, -0.2) is 11.8 Å². The minimum atomic E-state index is -0.434. The zero-order chi connectivity index (χ0) is 7.40. The fourth-order valence-electron chi connectivity index (χ4n) is 0.536. The van der Waals surface area contributed by atoms with Gasteiger partial charge in [-0.15, -0.1) is 0 Å². The molecule has 0 aliphatic carbocycles. The van der Waals surface area contributed by atoms with Crippen LogP contribution in [0.1, 0.15) is 0 Å². The van der Waals surface area contributed by atoms with Gasteiger partial charge in [0.15, 0.2) is 5.88 Å². The van der Waals surface area contributed by atoms with Crippen LogP contribution in [0.4, 0.5) is 5.88 Å². The Balaban J connectivity index is 2.35. The van der Waals surface area contributed by atoms with Crippen molar-refractivity contribution < 1.29 is 9.21 Å². The predicted octanol–water partition coefficient (Wildman–Crippen LogP) is 1.46. The van der Waals surface area contributed by atoms with E-state index in [1.165, 1.54) is 6.26 Å². The van der Waals surface area contributed by atoms with Crippen LogP contribution in [-0.2, 0) is 4.79 Å². The lowest BCUT2D eigenvalue weighted by atomic mass is 10.6. The summed E-state index contributed by atoms with van der Waals surface area (Å²) in [6, 6.07) is 3.43. The molecule has 3 nitrogen and oxygen atoms in total. The Labute approximate surface area is 63.0 Å². The Morgan fingerprint density at radius 1 is 1.80 bits per heavy atom. The zero-order valence-electron chi connectivity index (χ0n) is 5.13. The van der Waals surface area contributed by atoms with Crippen LogP contribution < -0.4 is 5.32 Å². The first-order valence-electron chi connectivity index (χ1n) is 2.75. The van der Waals surface area contributed by atoms with E-state index in [1.807, 2.05) is 0 Å². The maximum absolute atomic E-state index is 10.2. The number of hydrogen-bond donors (Lipinski definition) is 1. The molecule has 54 valence electrons. The average Bonchev–Trinajstić information content (AvgIpc) is 2.34. The van der Waals surface area contributed by atoms with Gasteiger partial charge in [-0.1, -0.05) is 0 Å². The van der Waals surface area contributed by atoms with Crippen LogP contribution in [0.5, 0.6) is 0 Å². The lowest BCUT2D eigenvalue weighted by Gasteiger charge is -1.94. The lowest BCUT2D eigenvalue weighted by molar-refractivity contribution is -0.110. The van der Waals surface area contributed by atoms with Crippen LogP contribution in [0.2, 0.25) is 0 Å². The van der Waals surface area contributed by atoms with Gasteiger partial charge in [-0.25, -0.2) is 0 Å². The van der Waals surface area contributed by atoms with Crippen LogP contribution in [0.25, 0.3) is 0 Å². The van der Waals surface area contributed by atoms with E-state index in [9.17, 15) is 4.79 Å². The number of rotatable bonds is 3. The molecule has 0 bridgehead atoms. The molecule has 0 saturated carbocycles. The average molecular weight is 160 g/mol. The van der Waals surface area contributed by atoms with E-state index in [1.54, 1.807) is 12.1 Å². The molecule has 1 N–H and O–H groups in total. The predicted molar refractivity (Wildman–Crippen MR) is 38.1 cm³/mol. The molecule has 0 aliphatic heterocycles. The van der Waals surface area contributed by atoms with Crippen LogP contribution in [0, 0.1) is 0 Å². The van der Waals surface area contributed by atoms with Crippen molar-refractivity contribution in [2.75, 3.05) is 11.9 Å². The van der Waals surface area contributed by atoms with Gasteiger partial charge >= 0.3 is 0 Å².